The lowest BCUT2D eigenvalue weighted by Gasteiger charge is -2.40. The average Bonchev–Trinajstić information content (AvgIpc) is 2.86. The molecule has 2 heterocycles. The van der Waals surface area contributed by atoms with Crippen LogP contribution in [-0.4, -0.2) is 72.6 Å². The highest BCUT2D eigenvalue weighted by Gasteiger charge is 2.39. The van der Waals surface area contributed by atoms with Crippen LogP contribution in [0.3, 0.4) is 0 Å². The van der Waals surface area contributed by atoms with Gasteiger partial charge < -0.3 is 10.1 Å². The number of nitrogens with zero attached hydrogens (tertiary/aromatic N) is 3. The minimum atomic E-state index is -0.724. The Morgan fingerprint density at radius 1 is 1.00 bits per heavy atom. The first kappa shape index (κ1) is 26.5. The van der Waals surface area contributed by atoms with Crippen molar-refractivity contribution < 1.29 is 14.3 Å². The summed E-state index contributed by atoms with van der Waals surface area (Å²) >= 11 is 12.6. The molecule has 1 fully saturated rings. The number of hydrogen-bond donors (Lipinski definition) is 1. The van der Waals surface area contributed by atoms with Crippen molar-refractivity contribution >= 4 is 35.2 Å². The van der Waals surface area contributed by atoms with Gasteiger partial charge in [0, 0.05) is 61.6 Å². The fourth-order valence-corrected chi connectivity index (χ4v) is 5.30. The summed E-state index contributed by atoms with van der Waals surface area (Å²) in [6.07, 6.45) is 0. The molecular formula is C27H32Cl2N4O3. The van der Waals surface area contributed by atoms with Gasteiger partial charge >= 0.3 is 12.0 Å². The molecule has 1 atom stereocenters. The molecular weight excluding hydrogens is 499 g/mol. The van der Waals surface area contributed by atoms with E-state index in [1.807, 2.05) is 13.0 Å². The maximum absolute atomic E-state index is 13.3. The van der Waals surface area contributed by atoms with Crippen molar-refractivity contribution in [1.29, 1.82) is 0 Å². The molecule has 0 radical (unpaired) electrons. The van der Waals surface area contributed by atoms with Crippen LogP contribution in [-0.2, 0) is 16.1 Å². The third-order valence-electron chi connectivity index (χ3n) is 6.61. The predicted molar refractivity (Wildman–Crippen MR) is 142 cm³/mol. The monoisotopic (exact) mass is 530 g/mol. The molecule has 2 aliphatic rings. The zero-order chi connectivity index (χ0) is 25.7. The minimum Gasteiger partial charge on any atom is -0.463 e. The summed E-state index contributed by atoms with van der Waals surface area (Å²) in [6, 6.07) is 14.5. The zero-order valence-corrected chi connectivity index (χ0v) is 22.2. The standard InChI is InChI=1S/C27H32Cl2N4O3/c1-3-33-23(18-32-14-12-31(13-15-32)17-19-8-6-5-7-9-19)24(26(34)36-4-2)25(30-27(33)35)21-11-10-20(28)16-22(21)29/h5-11,16,25H,3-4,12-15,17-18H2,1-2H3,(H,30,35). The number of esters is 1. The van der Waals surface area contributed by atoms with Crippen molar-refractivity contribution in [3.8, 4) is 0 Å². The number of carbonyl (C=O) groups excluding carboxylic acids is 2. The lowest BCUT2D eigenvalue weighted by molar-refractivity contribution is -0.139. The first-order valence-electron chi connectivity index (χ1n) is 12.3. The van der Waals surface area contributed by atoms with Gasteiger partial charge in [-0.3, -0.25) is 14.7 Å². The summed E-state index contributed by atoms with van der Waals surface area (Å²) in [5, 5.41) is 3.82. The molecule has 1 N–H and O–H groups in total. The summed E-state index contributed by atoms with van der Waals surface area (Å²) in [6.45, 7) is 9.18. The summed E-state index contributed by atoms with van der Waals surface area (Å²) in [5.74, 6) is -0.454. The van der Waals surface area contributed by atoms with E-state index in [9.17, 15) is 9.59 Å². The quantitative estimate of drug-likeness (QED) is 0.500. The number of carbonyl (C=O) groups is 2. The van der Waals surface area contributed by atoms with E-state index >= 15 is 0 Å². The Kier molecular flexibility index (Phi) is 8.90. The Morgan fingerprint density at radius 2 is 1.67 bits per heavy atom. The normalized spacial score (nSPS) is 19.4. The molecule has 2 aromatic rings. The van der Waals surface area contributed by atoms with E-state index in [2.05, 4.69) is 39.4 Å². The number of urea groups is 1. The second-order valence-corrected chi connectivity index (χ2v) is 9.75. The Bertz CT molecular complexity index is 1120. The molecule has 0 spiro atoms. The molecule has 1 unspecified atom stereocenters. The number of piperazine rings is 1. The maximum atomic E-state index is 13.3. The number of nitrogens with one attached hydrogen (secondary N) is 1. The Balaban J connectivity index is 1.61. The van der Waals surface area contributed by atoms with Crippen LogP contribution < -0.4 is 5.32 Å². The highest BCUT2D eigenvalue weighted by Crippen LogP contribution is 2.36. The highest BCUT2D eigenvalue weighted by molar-refractivity contribution is 6.35. The number of halogens is 2. The fourth-order valence-electron chi connectivity index (χ4n) is 4.79. The Hall–Kier alpha value is -2.58. The van der Waals surface area contributed by atoms with Gasteiger partial charge in [0.05, 0.1) is 18.2 Å². The summed E-state index contributed by atoms with van der Waals surface area (Å²) < 4.78 is 5.46. The smallest absolute Gasteiger partial charge is 0.338 e. The van der Waals surface area contributed by atoms with E-state index < -0.39 is 12.0 Å². The number of benzene rings is 2. The van der Waals surface area contributed by atoms with Gasteiger partial charge in [-0.15, -0.1) is 0 Å². The molecule has 2 amide bonds. The van der Waals surface area contributed by atoms with Crippen molar-refractivity contribution in [3.63, 3.8) is 0 Å². The number of rotatable bonds is 8. The molecule has 0 aliphatic carbocycles. The van der Waals surface area contributed by atoms with Crippen molar-refractivity contribution in [2.45, 2.75) is 26.4 Å². The molecule has 4 rings (SSSR count). The number of likely N-dealkylation sites (N-methyl/N-ethyl adjacent to an activating group) is 1. The van der Waals surface area contributed by atoms with Crippen LogP contribution in [0, 0.1) is 0 Å². The molecule has 0 saturated carbocycles. The first-order chi connectivity index (χ1) is 17.4. The lowest BCUT2D eigenvalue weighted by atomic mass is 9.94. The largest absolute Gasteiger partial charge is 0.463 e. The van der Waals surface area contributed by atoms with E-state index in [-0.39, 0.29) is 12.6 Å². The third-order valence-corrected chi connectivity index (χ3v) is 7.17. The van der Waals surface area contributed by atoms with E-state index in [1.165, 1.54) is 5.56 Å². The Labute approximate surface area is 222 Å². The number of amides is 2. The number of hydrogen-bond acceptors (Lipinski definition) is 5. The van der Waals surface area contributed by atoms with Crippen LogP contribution in [0.1, 0.15) is 31.0 Å². The van der Waals surface area contributed by atoms with Gasteiger partial charge in [0.1, 0.15) is 0 Å². The maximum Gasteiger partial charge on any atom is 0.338 e. The second kappa shape index (κ2) is 12.1. The van der Waals surface area contributed by atoms with Crippen molar-refractivity contribution in [1.82, 2.24) is 20.0 Å². The van der Waals surface area contributed by atoms with E-state index in [0.29, 0.717) is 40.0 Å². The average molecular weight is 531 g/mol. The van der Waals surface area contributed by atoms with Gasteiger partial charge in [-0.05, 0) is 37.1 Å². The number of ether oxygens (including phenoxy) is 1. The molecule has 192 valence electrons. The van der Waals surface area contributed by atoms with Crippen molar-refractivity contribution in [2.75, 3.05) is 45.9 Å². The van der Waals surface area contributed by atoms with Crippen LogP contribution in [0.2, 0.25) is 10.0 Å². The molecule has 7 nitrogen and oxygen atoms in total. The predicted octanol–water partition coefficient (Wildman–Crippen LogP) is 4.71. The molecule has 0 bridgehead atoms. The second-order valence-electron chi connectivity index (χ2n) is 8.91. The summed E-state index contributed by atoms with van der Waals surface area (Å²) in [4.78, 5) is 32.8. The lowest BCUT2D eigenvalue weighted by Crippen LogP contribution is -2.53. The molecule has 0 aromatic heterocycles. The van der Waals surface area contributed by atoms with Gasteiger partial charge in [-0.2, -0.15) is 0 Å². The summed E-state index contributed by atoms with van der Waals surface area (Å²) in [7, 11) is 0. The molecule has 1 saturated heterocycles. The van der Waals surface area contributed by atoms with Gasteiger partial charge in [-0.25, -0.2) is 9.59 Å². The third kappa shape index (κ3) is 6.03. The highest BCUT2D eigenvalue weighted by atomic mass is 35.5. The van der Waals surface area contributed by atoms with E-state index in [4.69, 9.17) is 27.9 Å². The van der Waals surface area contributed by atoms with Gasteiger partial charge in [-0.1, -0.05) is 59.6 Å². The molecule has 2 aromatic carbocycles. The van der Waals surface area contributed by atoms with Crippen LogP contribution in [0.5, 0.6) is 0 Å². The molecule has 36 heavy (non-hydrogen) atoms. The molecule has 2 aliphatic heterocycles. The first-order valence-corrected chi connectivity index (χ1v) is 13.1. The van der Waals surface area contributed by atoms with Crippen molar-refractivity contribution in [3.05, 3.63) is 81.0 Å². The van der Waals surface area contributed by atoms with E-state index in [1.54, 1.807) is 30.0 Å². The SMILES string of the molecule is CCOC(=O)C1=C(CN2CCN(Cc3ccccc3)CC2)N(CC)C(=O)NC1c1ccc(Cl)cc1Cl. The van der Waals surface area contributed by atoms with Crippen molar-refractivity contribution in [2.24, 2.45) is 0 Å². The molecule has 9 heteroatoms. The van der Waals surface area contributed by atoms with Crippen LogP contribution >= 0.6 is 23.2 Å². The van der Waals surface area contributed by atoms with Gasteiger partial charge in [0.25, 0.3) is 0 Å². The topological polar surface area (TPSA) is 65.1 Å². The summed E-state index contributed by atoms with van der Waals surface area (Å²) in [5.41, 5.74) is 2.97. The van der Waals surface area contributed by atoms with Crippen LogP contribution in [0.4, 0.5) is 4.79 Å². The fraction of sp³-hybridized carbons (Fsp3) is 0.407. The Morgan fingerprint density at radius 3 is 2.28 bits per heavy atom. The minimum absolute atomic E-state index is 0.231. The van der Waals surface area contributed by atoms with Crippen LogP contribution in [0.25, 0.3) is 0 Å². The zero-order valence-electron chi connectivity index (χ0n) is 20.7. The van der Waals surface area contributed by atoms with Gasteiger partial charge in [0.15, 0.2) is 0 Å². The van der Waals surface area contributed by atoms with Crippen LogP contribution in [0.15, 0.2) is 59.8 Å². The van der Waals surface area contributed by atoms with E-state index in [0.717, 1.165) is 32.7 Å². The van der Waals surface area contributed by atoms with Gasteiger partial charge in [0.2, 0.25) is 0 Å².